The van der Waals surface area contributed by atoms with Crippen LogP contribution in [0, 0.1) is 11.7 Å². The van der Waals surface area contributed by atoms with Gasteiger partial charge in [0.15, 0.2) is 0 Å². The molecule has 1 fully saturated rings. The van der Waals surface area contributed by atoms with E-state index in [1.807, 2.05) is 0 Å². The van der Waals surface area contributed by atoms with Crippen LogP contribution in [0.2, 0.25) is 0 Å². The third-order valence-electron chi connectivity index (χ3n) is 4.67. The Morgan fingerprint density at radius 1 is 1.16 bits per heavy atom. The van der Waals surface area contributed by atoms with Gasteiger partial charge in [-0.25, -0.2) is 4.39 Å². The summed E-state index contributed by atoms with van der Waals surface area (Å²) >= 11 is 0. The molecule has 0 spiro atoms. The average Bonchev–Trinajstić information content (AvgIpc) is 3.07. The zero-order chi connectivity index (χ0) is 17.8. The second kappa shape index (κ2) is 7.51. The first-order chi connectivity index (χ1) is 12.0. The van der Waals surface area contributed by atoms with Gasteiger partial charge in [0.1, 0.15) is 18.1 Å². The number of hydrogen-bond donors (Lipinski definition) is 2. The van der Waals surface area contributed by atoms with Crippen LogP contribution in [0.3, 0.4) is 0 Å². The highest BCUT2D eigenvalue weighted by atomic mass is 19.1. The van der Waals surface area contributed by atoms with Crippen molar-refractivity contribution in [3.8, 4) is 0 Å². The number of amides is 2. The van der Waals surface area contributed by atoms with E-state index in [2.05, 4.69) is 10.6 Å². The molecule has 25 heavy (non-hydrogen) atoms. The second-order valence-electron chi connectivity index (χ2n) is 6.44. The Balaban J connectivity index is 1.65. The van der Waals surface area contributed by atoms with Crippen LogP contribution in [-0.4, -0.2) is 17.9 Å². The molecule has 0 saturated heterocycles. The van der Waals surface area contributed by atoms with Crippen LogP contribution in [0.5, 0.6) is 0 Å². The molecule has 1 aliphatic carbocycles. The molecule has 0 radical (unpaired) electrons. The first-order valence-corrected chi connectivity index (χ1v) is 8.43. The number of furan rings is 1. The molecule has 2 atom stereocenters. The van der Waals surface area contributed by atoms with E-state index in [1.165, 1.54) is 30.7 Å². The summed E-state index contributed by atoms with van der Waals surface area (Å²) in [6.07, 6.45) is 5.91. The molecule has 1 saturated carbocycles. The van der Waals surface area contributed by atoms with Crippen molar-refractivity contribution in [3.05, 3.63) is 59.8 Å². The molecular formula is C19H21FN2O3. The minimum absolute atomic E-state index is 0.171. The summed E-state index contributed by atoms with van der Waals surface area (Å²) < 4.78 is 18.0. The fourth-order valence-electron chi connectivity index (χ4n) is 2.93. The topological polar surface area (TPSA) is 71.3 Å². The molecule has 1 aliphatic rings. The van der Waals surface area contributed by atoms with Gasteiger partial charge in [-0.3, -0.25) is 9.59 Å². The molecule has 1 aromatic carbocycles. The molecule has 1 heterocycles. The average molecular weight is 344 g/mol. The fourth-order valence-corrected chi connectivity index (χ4v) is 2.93. The van der Waals surface area contributed by atoms with Crippen molar-refractivity contribution in [2.45, 2.75) is 38.3 Å². The summed E-state index contributed by atoms with van der Waals surface area (Å²) in [5.41, 5.74) is 1.25. The van der Waals surface area contributed by atoms with Gasteiger partial charge in [-0.15, -0.1) is 0 Å². The molecule has 2 aromatic rings. The zero-order valence-electron chi connectivity index (χ0n) is 14.0. The van der Waals surface area contributed by atoms with E-state index in [9.17, 15) is 14.0 Å². The van der Waals surface area contributed by atoms with Gasteiger partial charge in [0, 0.05) is 0 Å². The van der Waals surface area contributed by atoms with Gasteiger partial charge < -0.3 is 15.1 Å². The normalized spacial score (nSPS) is 16.6. The van der Waals surface area contributed by atoms with Gasteiger partial charge in [-0.05, 0) is 49.4 Å². The van der Waals surface area contributed by atoms with Crippen molar-refractivity contribution >= 4 is 11.8 Å². The van der Waals surface area contributed by atoms with Crippen molar-refractivity contribution in [1.82, 2.24) is 10.6 Å². The maximum Gasteiger partial charge on any atom is 0.255 e. The molecule has 132 valence electrons. The van der Waals surface area contributed by atoms with Crippen LogP contribution >= 0.6 is 0 Å². The van der Waals surface area contributed by atoms with Gasteiger partial charge in [0.25, 0.3) is 5.91 Å². The van der Waals surface area contributed by atoms with Crippen molar-refractivity contribution in [1.29, 1.82) is 0 Å². The standard InChI is InChI=1S/C19H21FN2O3/c1-12(21-19(24)15-9-10-25-11-15)18(23)22-17(13-3-2-4-13)14-5-7-16(20)8-6-14/h5-13,17H,2-4H2,1H3,(H,21,24)(H,22,23)/t12-,17+/m1/s1. The predicted molar refractivity (Wildman–Crippen MR) is 90.3 cm³/mol. The molecule has 5 nitrogen and oxygen atoms in total. The molecule has 0 unspecified atom stereocenters. The minimum Gasteiger partial charge on any atom is -0.472 e. The molecule has 6 heteroatoms. The summed E-state index contributed by atoms with van der Waals surface area (Å²) in [6.45, 7) is 1.63. The Morgan fingerprint density at radius 2 is 1.88 bits per heavy atom. The van der Waals surface area contributed by atoms with E-state index in [0.29, 0.717) is 11.5 Å². The van der Waals surface area contributed by atoms with Gasteiger partial charge in [-0.1, -0.05) is 18.6 Å². The van der Waals surface area contributed by atoms with Gasteiger partial charge in [-0.2, -0.15) is 0 Å². The van der Waals surface area contributed by atoms with Crippen LogP contribution < -0.4 is 10.6 Å². The second-order valence-corrected chi connectivity index (χ2v) is 6.44. The van der Waals surface area contributed by atoms with Gasteiger partial charge in [0.2, 0.25) is 5.91 Å². The molecular weight excluding hydrogens is 323 g/mol. The number of halogens is 1. The van der Waals surface area contributed by atoms with E-state index < -0.39 is 6.04 Å². The van der Waals surface area contributed by atoms with Gasteiger partial charge in [0.05, 0.1) is 17.9 Å². The van der Waals surface area contributed by atoms with E-state index in [0.717, 1.165) is 24.8 Å². The summed E-state index contributed by atoms with van der Waals surface area (Å²) in [4.78, 5) is 24.5. The fraction of sp³-hybridized carbons (Fsp3) is 0.368. The van der Waals surface area contributed by atoms with E-state index in [4.69, 9.17) is 4.42 Å². The Bertz CT molecular complexity index is 724. The summed E-state index contributed by atoms with van der Waals surface area (Å²) in [5.74, 6) is -0.592. The monoisotopic (exact) mass is 344 g/mol. The zero-order valence-corrected chi connectivity index (χ0v) is 14.0. The van der Waals surface area contributed by atoms with Crippen LogP contribution in [0.1, 0.15) is 48.1 Å². The molecule has 0 aliphatic heterocycles. The highest BCUT2D eigenvalue weighted by Gasteiger charge is 2.31. The lowest BCUT2D eigenvalue weighted by Crippen LogP contribution is -2.47. The quantitative estimate of drug-likeness (QED) is 0.845. The molecule has 1 aromatic heterocycles. The summed E-state index contributed by atoms with van der Waals surface area (Å²) in [7, 11) is 0. The number of carbonyl (C=O) groups is 2. The van der Waals surface area contributed by atoms with Gasteiger partial charge >= 0.3 is 0 Å². The first-order valence-electron chi connectivity index (χ1n) is 8.43. The number of nitrogens with one attached hydrogen (secondary N) is 2. The van der Waals surface area contributed by atoms with Crippen molar-refractivity contribution in [2.24, 2.45) is 5.92 Å². The summed E-state index contributed by atoms with van der Waals surface area (Å²) in [5, 5.41) is 5.66. The maximum absolute atomic E-state index is 13.2. The summed E-state index contributed by atoms with van der Waals surface area (Å²) in [6, 6.07) is 6.88. The van der Waals surface area contributed by atoms with Crippen molar-refractivity contribution in [2.75, 3.05) is 0 Å². The van der Waals surface area contributed by atoms with Crippen LogP contribution in [0.15, 0.2) is 47.3 Å². The Kier molecular flexibility index (Phi) is 5.16. The van der Waals surface area contributed by atoms with Crippen molar-refractivity contribution in [3.63, 3.8) is 0 Å². The van der Waals surface area contributed by atoms with Crippen molar-refractivity contribution < 1.29 is 18.4 Å². The van der Waals surface area contributed by atoms with E-state index >= 15 is 0 Å². The SMILES string of the molecule is C[C@@H](NC(=O)c1ccoc1)C(=O)N[C@H](c1ccc(F)cc1)C1CCC1. The van der Waals surface area contributed by atoms with Crippen LogP contribution in [0.4, 0.5) is 4.39 Å². The first kappa shape index (κ1) is 17.2. The largest absolute Gasteiger partial charge is 0.472 e. The number of carbonyl (C=O) groups excluding carboxylic acids is 2. The minimum atomic E-state index is -0.689. The third kappa shape index (κ3) is 4.07. The molecule has 3 rings (SSSR count). The predicted octanol–water partition coefficient (Wildman–Crippen LogP) is 3.19. The highest BCUT2D eigenvalue weighted by Crippen LogP contribution is 2.37. The van der Waals surface area contributed by atoms with E-state index in [-0.39, 0.29) is 23.7 Å². The highest BCUT2D eigenvalue weighted by molar-refractivity contribution is 5.97. The maximum atomic E-state index is 13.2. The van der Waals surface area contributed by atoms with Crippen LogP contribution in [-0.2, 0) is 4.79 Å². The molecule has 2 amide bonds. The smallest absolute Gasteiger partial charge is 0.255 e. The third-order valence-corrected chi connectivity index (χ3v) is 4.67. The Morgan fingerprint density at radius 3 is 2.44 bits per heavy atom. The Labute approximate surface area is 145 Å². The number of hydrogen-bond acceptors (Lipinski definition) is 3. The van der Waals surface area contributed by atoms with Crippen LogP contribution in [0.25, 0.3) is 0 Å². The number of rotatable bonds is 6. The Hall–Kier alpha value is -2.63. The lowest BCUT2D eigenvalue weighted by Gasteiger charge is -2.35. The lowest BCUT2D eigenvalue weighted by molar-refractivity contribution is -0.124. The number of benzene rings is 1. The molecule has 0 bridgehead atoms. The molecule has 2 N–H and O–H groups in total. The van der Waals surface area contributed by atoms with E-state index in [1.54, 1.807) is 19.1 Å². The lowest BCUT2D eigenvalue weighted by atomic mass is 9.77.